The lowest BCUT2D eigenvalue weighted by molar-refractivity contribution is -0.870. The highest BCUT2D eigenvalue weighted by Crippen LogP contribution is 2.38. The van der Waals surface area contributed by atoms with Crippen molar-refractivity contribution >= 4 is 19.8 Å². The van der Waals surface area contributed by atoms with Gasteiger partial charge in [-0.25, -0.2) is 0 Å². The van der Waals surface area contributed by atoms with E-state index in [-0.39, 0.29) is 26.1 Å². The maximum Gasteiger partial charge on any atom is 0.306 e. The Balaban J connectivity index is 4.33. The first-order valence-corrected chi connectivity index (χ1v) is 24.5. The monoisotopic (exact) mass is 814 g/mol. The van der Waals surface area contributed by atoms with Gasteiger partial charge in [-0.3, -0.25) is 14.2 Å². The second-order valence-corrected chi connectivity index (χ2v) is 18.2. The van der Waals surface area contributed by atoms with Crippen molar-refractivity contribution in [2.45, 2.75) is 213 Å². The number of likely N-dealkylation sites (N-methyl/N-ethyl adjacent to an activating group) is 1. The van der Waals surface area contributed by atoms with E-state index >= 15 is 0 Å². The number of unbranched alkanes of at least 4 members (excludes halogenated alkanes) is 24. The zero-order valence-electron chi connectivity index (χ0n) is 37.1. The number of phosphoric ester groups is 1. The zero-order valence-corrected chi connectivity index (χ0v) is 38.0. The maximum absolute atomic E-state index is 12.7. The highest BCUT2D eigenvalue weighted by atomic mass is 31.2. The fraction of sp³-hybridized carbons (Fsp3) is 0.870. The average molecular weight is 814 g/mol. The molecule has 0 rings (SSSR count). The molecule has 0 aliphatic carbocycles. The van der Waals surface area contributed by atoms with E-state index in [0.717, 1.165) is 51.4 Å². The number of ether oxygens (including phenoxy) is 2. The van der Waals surface area contributed by atoms with Crippen LogP contribution in [0.1, 0.15) is 206 Å². The van der Waals surface area contributed by atoms with Crippen LogP contribution < -0.4 is 4.89 Å². The third-order valence-corrected chi connectivity index (χ3v) is 10.9. The van der Waals surface area contributed by atoms with Crippen LogP contribution in [0.25, 0.3) is 0 Å². The van der Waals surface area contributed by atoms with E-state index in [1.54, 1.807) is 0 Å². The molecule has 2 atom stereocenters. The lowest BCUT2D eigenvalue weighted by Gasteiger charge is -2.28. The molecule has 0 aromatic heterocycles. The second-order valence-electron chi connectivity index (χ2n) is 16.8. The van der Waals surface area contributed by atoms with Gasteiger partial charge in [-0.1, -0.05) is 173 Å². The van der Waals surface area contributed by atoms with Crippen LogP contribution in [0.4, 0.5) is 0 Å². The molecule has 56 heavy (non-hydrogen) atoms. The van der Waals surface area contributed by atoms with Crippen LogP contribution in [0.2, 0.25) is 0 Å². The van der Waals surface area contributed by atoms with Gasteiger partial charge in [0.15, 0.2) is 6.10 Å². The van der Waals surface area contributed by atoms with Crippen molar-refractivity contribution in [3.05, 3.63) is 24.3 Å². The van der Waals surface area contributed by atoms with E-state index in [2.05, 4.69) is 38.2 Å². The summed E-state index contributed by atoms with van der Waals surface area (Å²) in [7, 11) is 1.16. The molecule has 10 heteroatoms. The minimum absolute atomic E-state index is 0.0312. The molecule has 0 saturated heterocycles. The van der Waals surface area contributed by atoms with Gasteiger partial charge in [-0.05, 0) is 44.9 Å². The largest absolute Gasteiger partial charge is 0.756 e. The molecule has 1 unspecified atom stereocenters. The Labute approximate surface area is 345 Å². The standard InChI is InChI=1S/C46H88NO8P/c1-6-8-10-12-14-16-18-20-22-23-25-27-29-31-33-35-37-39-46(49)55-44(43-54-56(50,51)53-41-40-47(3,4)5)42-52-45(48)38-36-34-32-30-28-26-24-21-19-17-15-13-11-9-7-2/h15,17,21,24,44H,6-14,16,18-20,22-23,25-43H2,1-5H3/b17-15-,24-21-/t44-/m1/s1. The van der Waals surface area contributed by atoms with E-state index < -0.39 is 32.5 Å². The second kappa shape index (κ2) is 39.0. The zero-order chi connectivity index (χ0) is 41.4. The molecule has 0 saturated carbocycles. The third-order valence-electron chi connectivity index (χ3n) is 9.97. The maximum atomic E-state index is 12.7. The third kappa shape index (κ3) is 42.1. The summed E-state index contributed by atoms with van der Waals surface area (Å²) in [6.07, 6.45) is 42.0. The number of hydrogen-bond acceptors (Lipinski definition) is 8. The molecule has 0 bridgehead atoms. The predicted octanol–water partition coefficient (Wildman–Crippen LogP) is 12.5. The van der Waals surface area contributed by atoms with Crippen molar-refractivity contribution in [2.24, 2.45) is 0 Å². The number of quaternary nitrogens is 1. The van der Waals surface area contributed by atoms with E-state index in [0.29, 0.717) is 23.9 Å². The minimum Gasteiger partial charge on any atom is -0.756 e. The number of carbonyl (C=O) groups excluding carboxylic acids is 2. The van der Waals surface area contributed by atoms with Gasteiger partial charge in [0.2, 0.25) is 0 Å². The smallest absolute Gasteiger partial charge is 0.306 e. The molecule has 330 valence electrons. The van der Waals surface area contributed by atoms with Crippen LogP contribution in [-0.4, -0.2) is 70.0 Å². The molecular formula is C46H88NO8P. The van der Waals surface area contributed by atoms with Gasteiger partial charge in [0.1, 0.15) is 19.8 Å². The molecule has 0 aliphatic rings. The molecule has 0 aliphatic heterocycles. The Morgan fingerprint density at radius 3 is 1.45 bits per heavy atom. The fourth-order valence-electron chi connectivity index (χ4n) is 6.33. The molecule has 0 radical (unpaired) electrons. The normalized spacial score (nSPS) is 13.8. The Kier molecular flexibility index (Phi) is 37.9. The van der Waals surface area contributed by atoms with Gasteiger partial charge in [0.25, 0.3) is 7.82 Å². The number of esters is 2. The summed E-state index contributed by atoms with van der Waals surface area (Å²) in [5.41, 5.74) is 0. The number of carbonyl (C=O) groups is 2. The fourth-order valence-corrected chi connectivity index (χ4v) is 7.06. The van der Waals surface area contributed by atoms with Crippen LogP contribution in [0, 0.1) is 0 Å². The number of hydrogen-bond donors (Lipinski definition) is 0. The topological polar surface area (TPSA) is 111 Å². The first kappa shape index (κ1) is 54.5. The van der Waals surface area contributed by atoms with Crippen LogP contribution in [0.5, 0.6) is 0 Å². The van der Waals surface area contributed by atoms with Crippen LogP contribution >= 0.6 is 7.82 Å². The van der Waals surface area contributed by atoms with Gasteiger partial charge >= 0.3 is 11.9 Å². The average Bonchev–Trinajstić information content (AvgIpc) is 3.15. The number of allylic oxidation sites excluding steroid dienone is 4. The summed E-state index contributed by atoms with van der Waals surface area (Å²) in [6.45, 7) is 4.21. The molecule has 0 aromatic rings. The van der Waals surface area contributed by atoms with Crippen molar-refractivity contribution < 1.29 is 42.1 Å². The van der Waals surface area contributed by atoms with Crippen molar-refractivity contribution in [3.8, 4) is 0 Å². The van der Waals surface area contributed by atoms with Gasteiger partial charge < -0.3 is 27.9 Å². The number of rotatable bonds is 42. The summed E-state index contributed by atoms with van der Waals surface area (Å²) in [5, 5.41) is 0. The van der Waals surface area contributed by atoms with Gasteiger partial charge in [-0.2, -0.15) is 0 Å². The van der Waals surface area contributed by atoms with Crippen molar-refractivity contribution in [2.75, 3.05) is 47.5 Å². The molecule has 0 amide bonds. The van der Waals surface area contributed by atoms with Gasteiger partial charge in [-0.15, -0.1) is 0 Å². The lowest BCUT2D eigenvalue weighted by Crippen LogP contribution is -2.37. The van der Waals surface area contributed by atoms with E-state index in [9.17, 15) is 19.0 Å². The summed E-state index contributed by atoms with van der Waals surface area (Å²) >= 11 is 0. The van der Waals surface area contributed by atoms with Crippen molar-refractivity contribution in [3.63, 3.8) is 0 Å². The summed E-state index contributed by atoms with van der Waals surface area (Å²) in [4.78, 5) is 37.6. The van der Waals surface area contributed by atoms with E-state index in [1.807, 2.05) is 21.1 Å². The molecule has 0 N–H and O–H groups in total. The van der Waals surface area contributed by atoms with Crippen molar-refractivity contribution in [1.82, 2.24) is 0 Å². The molecule has 0 spiro atoms. The first-order valence-electron chi connectivity index (χ1n) is 23.0. The van der Waals surface area contributed by atoms with Crippen LogP contribution in [0.3, 0.4) is 0 Å². The van der Waals surface area contributed by atoms with E-state index in [4.69, 9.17) is 18.5 Å². The minimum atomic E-state index is -4.62. The van der Waals surface area contributed by atoms with Crippen LogP contribution in [-0.2, 0) is 32.7 Å². The predicted molar refractivity (Wildman–Crippen MR) is 231 cm³/mol. The SMILES string of the molecule is CCCCC/C=C\C/C=C\CCCCCCCC(=O)OC[C@H](COP(=O)([O-])OCC[N+](C)(C)C)OC(=O)CCCCCCCCCCCCCCCCCCC. The number of nitrogens with zero attached hydrogens (tertiary/aromatic N) is 1. The van der Waals surface area contributed by atoms with Gasteiger partial charge in [0.05, 0.1) is 27.7 Å². The number of phosphoric acid groups is 1. The van der Waals surface area contributed by atoms with E-state index in [1.165, 1.54) is 116 Å². The Hall–Kier alpha value is -1.51. The lowest BCUT2D eigenvalue weighted by atomic mass is 10.0. The molecule has 0 heterocycles. The molecule has 0 fully saturated rings. The highest BCUT2D eigenvalue weighted by molar-refractivity contribution is 7.45. The van der Waals surface area contributed by atoms with Gasteiger partial charge in [0, 0.05) is 12.8 Å². The Bertz CT molecular complexity index is 1010. The summed E-state index contributed by atoms with van der Waals surface area (Å²) < 4.78 is 33.9. The molecular weight excluding hydrogens is 725 g/mol. The quantitative estimate of drug-likeness (QED) is 0.0197. The summed E-state index contributed by atoms with van der Waals surface area (Å²) in [6, 6.07) is 0. The first-order chi connectivity index (χ1) is 27.0. The molecule has 9 nitrogen and oxygen atoms in total. The van der Waals surface area contributed by atoms with Crippen molar-refractivity contribution in [1.29, 1.82) is 0 Å². The highest BCUT2D eigenvalue weighted by Gasteiger charge is 2.21. The Morgan fingerprint density at radius 1 is 0.554 bits per heavy atom. The Morgan fingerprint density at radius 2 is 0.964 bits per heavy atom. The van der Waals surface area contributed by atoms with Crippen LogP contribution in [0.15, 0.2) is 24.3 Å². The summed E-state index contributed by atoms with van der Waals surface area (Å²) in [5.74, 6) is -0.842. The molecule has 0 aromatic carbocycles.